The second-order valence-electron chi connectivity index (χ2n) is 6.15. The van der Waals surface area contributed by atoms with Gasteiger partial charge in [0.2, 0.25) is 11.7 Å². The molecule has 0 radical (unpaired) electrons. The molecule has 0 unspecified atom stereocenters. The first-order valence-corrected chi connectivity index (χ1v) is 8.75. The number of anilines is 1. The van der Waals surface area contributed by atoms with Crippen LogP contribution in [-0.4, -0.2) is 20.6 Å². The molecule has 0 spiro atoms. The summed E-state index contributed by atoms with van der Waals surface area (Å²) in [6.07, 6.45) is 0. The summed E-state index contributed by atoms with van der Waals surface area (Å²) < 4.78 is 20.3. The topological polar surface area (TPSA) is 90.0 Å². The lowest BCUT2D eigenvalue weighted by Gasteiger charge is -2.10. The van der Waals surface area contributed by atoms with E-state index < -0.39 is 17.3 Å². The van der Waals surface area contributed by atoms with Crippen LogP contribution in [0, 0.1) is 5.82 Å². The number of halogens is 1. The van der Waals surface area contributed by atoms with Gasteiger partial charge in [-0.3, -0.25) is 14.2 Å². The van der Waals surface area contributed by atoms with E-state index in [4.69, 9.17) is 4.52 Å². The predicted octanol–water partition coefficient (Wildman–Crippen LogP) is 3.34. The molecule has 7 nitrogen and oxygen atoms in total. The lowest BCUT2D eigenvalue weighted by atomic mass is 10.2. The summed E-state index contributed by atoms with van der Waals surface area (Å²) in [5.74, 6) is -0.669. The standard InChI is InChI=1S/C21H15FN4O3/c22-15-9-4-5-10-16(15)23-18(27)13-26-17(11-6-12-19(26)28)21-24-20(25-29-21)14-7-2-1-3-8-14/h1-12H,13H2,(H,23,27). The van der Waals surface area contributed by atoms with Gasteiger partial charge in [0.15, 0.2) is 0 Å². The number of para-hydroxylation sites is 1. The summed E-state index contributed by atoms with van der Waals surface area (Å²) in [5.41, 5.74) is 0.651. The normalized spacial score (nSPS) is 10.7. The van der Waals surface area contributed by atoms with Gasteiger partial charge in [0, 0.05) is 11.6 Å². The van der Waals surface area contributed by atoms with Gasteiger partial charge in [-0.05, 0) is 18.2 Å². The molecule has 0 saturated heterocycles. The van der Waals surface area contributed by atoms with Crippen molar-refractivity contribution in [3.8, 4) is 23.0 Å². The van der Waals surface area contributed by atoms with Crippen LogP contribution in [0.15, 0.2) is 82.1 Å². The molecule has 0 aliphatic rings. The van der Waals surface area contributed by atoms with E-state index in [-0.39, 0.29) is 23.8 Å². The summed E-state index contributed by atoms with van der Waals surface area (Å²) >= 11 is 0. The minimum atomic E-state index is -0.564. The highest BCUT2D eigenvalue weighted by Gasteiger charge is 2.17. The molecule has 0 aliphatic heterocycles. The molecule has 1 N–H and O–H groups in total. The first-order valence-electron chi connectivity index (χ1n) is 8.75. The Morgan fingerprint density at radius 2 is 1.76 bits per heavy atom. The van der Waals surface area contributed by atoms with E-state index in [0.29, 0.717) is 5.82 Å². The van der Waals surface area contributed by atoms with E-state index in [1.807, 2.05) is 30.3 Å². The van der Waals surface area contributed by atoms with Crippen LogP contribution in [0.2, 0.25) is 0 Å². The lowest BCUT2D eigenvalue weighted by molar-refractivity contribution is -0.116. The number of rotatable bonds is 5. The van der Waals surface area contributed by atoms with E-state index in [0.717, 1.165) is 5.56 Å². The Hall–Kier alpha value is -4.07. The maximum atomic E-state index is 13.8. The Labute approximate surface area is 164 Å². The molecule has 4 rings (SSSR count). The van der Waals surface area contributed by atoms with Crippen LogP contribution in [-0.2, 0) is 11.3 Å². The number of carbonyl (C=O) groups excluding carboxylic acids is 1. The van der Waals surface area contributed by atoms with E-state index in [1.54, 1.807) is 12.1 Å². The fourth-order valence-electron chi connectivity index (χ4n) is 2.80. The molecule has 0 atom stereocenters. The molecule has 0 saturated carbocycles. The fourth-order valence-corrected chi connectivity index (χ4v) is 2.80. The Kier molecular flexibility index (Phi) is 4.98. The van der Waals surface area contributed by atoms with Crippen molar-refractivity contribution in [3.63, 3.8) is 0 Å². The van der Waals surface area contributed by atoms with Crippen LogP contribution in [0.5, 0.6) is 0 Å². The van der Waals surface area contributed by atoms with Crippen molar-refractivity contribution < 1.29 is 13.7 Å². The number of aromatic nitrogens is 3. The van der Waals surface area contributed by atoms with Crippen molar-refractivity contribution >= 4 is 11.6 Å². The van der Waals surface area contributed by atoms with Crippen molar-refractivity contribution in [1.29, 1.82) is 0 Å². The number of hydrogen-bond acceptors (Lipinski definition) is 5. The molecule has 2 heterocycles. The first kappa shape index (κ1) is 18.3. The molecule has 0 aliphatic carbocycles. The molecular weight excluding hydrogens is 375 g/mol. The number of benzene rings is 2. The van der Waals surface area contributed by atoms with E-state index >= 15 is 0 Å². The average molecular weight is 390 g/mol. The third-order valence-corrected chi connectivity index (χ3v) is 4.18. The Morgan fingerprint density at radius 1 is 1.00 bits per heavy atom. The second kappa shape index (κ2) is 7.89. The summed E-state index contributed by atoms with van der Waals surface area (Å²) in [5, 5.41) is 6.40. The number of pyridine rings is 1. The van der Waals surface area contributed by atoms with E-state index in [9.17, 15) is 14.0 Å². The first-order chi connectivity index (χ1) is 14.1. The van der Waals surface area contributed by atoms with Gasteiger partial charge in [0.25, 0.3) is 11.4 Å². The van der Waals surface area contributed by atoms with E-state index in [1.165, 1.54) is 34.9 Å². The Bertz CT molecular complexity index is 1220. The number of nitrogens with zero attached hydrogens (tertiary/aromatic N) is 3. The highest BCUT2D eigenvalue weighted by Crippen LogP contribution is 2.21. The minimum Gasteiger partial charge on any atom is -0.332 e. The van der Waals surface area contributed by atoms with Gasteiger partial charge in [-0.25, -0.2) is 4.39 Å². The molecule has 1 amide bonds. The molecule has 4 aromatic rings. The Morgan fingerprint density at radius 3 is 2.55 bits per heavy atom. The Balaban J connectivity index is 1.63. The van der Waals surface area contributed by atoms with Crippen LogP contribution in [0.25, 0.3) is 23.0 Å². The van der Waals surface area contributed by atoms with Gasteiger partial charge in [-0.15, -0.1) is 0 Å². The summed E-state index contributed by atoms with van der Waals surface area (Å²) in [6.45, 7) is -0.341. The zero-order chi connectivity index (χ0) is 20.2. The molecule has 29 heavy (non-hydrogen) atoms. The highest BCUT2D eigenvalue weighted by atomic mass is 19.1. The van der Waals surface area contributed by atoms with Crippen molar-refractivity contribution in [2.75, 3.05) is 5.32 Å². The van der Waals surface area contributed by atoms with Gasteiger partial charge in [0.1, 0.15) is 18.1 Å². The second-order valence-corrected chi connectivity index (χ2v) is 6.15. The lowest BCUT2D eigenvalue weighted by Crippen LogP contribution is -2.28. The SMILES string of the molecule is O=C(Cn1c(-c2nc(-c3ccccc3)no2)cccc1=O)Nc1ccccc1F. The predicted molar refractivity (Wildman–Crippen MR) is 104 cm³/mol. The highest BCUT2D eigenvalue weighted by molar-refractivity contribution is 5.90. The molecule has 0 bridgehead atoms. The summed E-state index contributed by atoms with van der Waals surface area (Å²) in [4.78, 5) is 29.1. The minimum absolute atomic E-state index is 0.0344. The van der Waals surface area contributed by atoms with Gasteiger partial charge in [-0.2, -0.15) is 4.98 Å². The smallest absolute Gasteiger partial charge is 0.274 e. The van der Waals surface area contributed by atoms with Gasteiger partial charge < -0.3 is 9.84 Å². The zero-order valence-electron chi connectivity index (χ0n) is 15.1. The van der Waals surface area contributed by atoms with Crippen molar-refractivity contribution in [2.24, 2.45) is 0 Å². The fraction of sp³-hybridized carbons (Fsp3) is 0.0476. The molecule has 8 heteroatoms. The molecular formula is C21H15FN4O3. The summed E-state index contributed by atoms with van der Waals surface area (Å²) in [7, 11) is 0. The summed E-state index contributed by atoms with van der Waals surface area (Å²) in [6, 6.07) is 19.5. The monoisotopic (exact) mass is 390 g/mol. The molecule has 2 aromatic heterocycles. The van der Waals surface area contributed by atoms with Crippen LogP contribution >= 0.6 is 0 Å². The van der Waals surface area contributed by atoms with Crippen LogP contribution in [0.4, 0.5) is 10.1 Å². The van der Waals surface area contributed by atoms with Crippen LogP contribution in [0.1, 0.15) is 0 Å². The van der Waals surface area contributed by atoms with Crippen LogP contribution < -0.4 is 10.9 Å². The van der Waals surface area contributed by atoms with Crippen molar-refractivity contribution in [3.05, 3.63) is 89.0 Å². The van der Waals surface area contributed by atoms with E-state index in [2.05, 4.69) is 15.5 Å². The van der Waals surface area contributed by atoms with Gasteiger partial charge in [0.05, 0.1) is 5.69 Å². The number of amides is 1. The molecule has 144 valence electrons. The number of carbonyl (C=O) groups is 1. The van der Waals surface area contributed by atoms with Gasteiger partial charge >= 0.3 is 0 Å². The molecule has 2 aromatic carbocycles. The third-order valence-electron chi connectivity index (χ3n) is 4.18. The van der Waals surface area contributed by atoms with Crippen LogP contribution in [0.3, 0.4) is 0 Å². The quantitative estimate of drug-likeness (QED) is 0.564. The average Bonchev–Trinajstić information content (AvgIpc) is 3.22. The maximum absolute atomic E-state index is 13.8. The largest absolute Gasteiger partial charge is 0.332 e. The maximum Gasteiger partial charge on any atom is 0.274 e. The third kappa shape index (κ3) is 3.96. The zero-order valence-corrected chi connectivity index (χ0v) is 15.1. The van der Waals surface area contributed by atoms with Gasteiger partial charge in [-0.1, -0.05) is 53.7 Å². The molecule has 0 fully saturated rings. The van der Waals surface area contributed by atoms with Crippen molar-refractivity contribution in [2.45, 2.75) is 6.54 Å². The number of hydrogen-bond donors (Lipinski definition) is 1. The van der Waals surface area contributed by atoms with Crippen molar-refractivity contribution in [1.82, 2.24) is 14.7 Å². The number of nitrogens with one attached hydrogen (secondary N) is 1.